The maximum absolute atomic E-state index is 12.5. The average molecular weight is 295 g/mol. The number of nitrogens with one attached hydrogen (secondary N) is 1. The monoisotopic (exact) mass is 295 g/mol. The predicted octanol–water partition coefficient (Wildman–Crippen LogP) is 3.11. The first-order chi connectivity index (χ1) is 10.7. The van der Waals surface area contributed by atoms with Crippen molar-refractivity contribution in [1.82, 2.24) is 10.4 Å². The fourth-order valence-electron chi connectivity index (χ4n) is 2.35. The standard InChI is InChI=1S/C17H17N3O2/c1-13-18-19(12-14-8-10-16(22-2)11-9-14)17(21)20(13)15-6-4-3-5-7-15/h3-11,18H,1,12H2,2H3. The summed E-state index contributed by atoms with van der Waals surface area (Å²) in [6.07, 6.45) is 0. The van der Waals surface area contributed by atoms with Crippen LogP contribution in [-0.2, 0) is 6.54 Å². The smallest absolute Gasteiger partial charge is 0.349 e. The summed E-state index contributed by atoms with van der Waals surface area (Å²) < 4.78 is 5.13. The topological polar surface area (TPSA) is 44.8 Å². The van der Waals surface area contributed by atoms with E-state index < -0.39 is 0 Å². The molecule has 1 N–H and O–H groups in total. The van der Waals surface area contributed by atoms with Crippen LogP contribution in [0.15, 0.2) is 67.0 Å². The van der Waals surface area contributed by atoms with Crippen molar-refractivity contribution >= 4 is 11.7 Å². The maximum atomic E-state index is 12.5. The molecule has 5 nitrogen and oxygen atoms in total. The van der Waals surface area contributed by atoms with Gasteiger partial charge in [0, 0.05) is 0 Å². The van der Waals surface area contributed by atoms with E-state index in [2.05, 4.69) is 12.0 Å². The molecule has 1 fully saturated rings. The van der Waals surface area contributed by atoms with Gasteiger partial charge in [-0.1, -0.05) is 36.9 Å². The van der Waals surface area contributed by atoms with Crippen molar-refractivity contribution in [2.45, 2.75) is 6.54 Å². The van der Waals surface area contributed by atoms with Gasteiger partial charge < -0.3 is 4.74 Å². The largest absolute Gasteiger partial charge is 0.497 e. The number of carbonyl (C=O) groups excluding carboxylic acids is 1. The lowest BCUT2D eigenvalue weighted by Crippen LogP contribution is -2.34. The van der Waals surface area contributed by atoms with E-state index in [-0.39, 0.29) is 6.03 Å². The second-order valence-corrected chi connectivity index (χ2v) is 4.95. The molecule has 2 aromatic carbocycles. The van der Waals surface area contributed by atoms with Gasteiger partial charge >= 0.3 is 6.03 Å². The summed E-state index contributed by atoms with van der Waals surface area (Å²) in [5, 5.41) is 1.54. The Bertz CT molecular complexity index is 683. The average Bonchev–Trinajstić information content (AvgIpc) is 2.83. The van der Waals surface area contributed by atoms with Crippen molar-refractivity contribution in [2.75, 3.05) is 12.0 Å². The normalized spacial score (nSPS) is 14.2. The number of urea groups is 1. The fourth-order valence-corrected chi connectivity index (χ4v) is 2.35. The Hall–Kier alpha value is -2.95. The van der Waals surface area contributed by atoms with Gasteiger partial charge in [-0.25, -0.2) is 14.7 Å². The Morgan fingerprint density at radius 3 is 2.41 bits per heavy atom. The molecule has 2 amide bonds. The van der Waals surface area contributed by atoms with Crippen LogP contribution < -0.4 is 15.1 Å². The second kappa shape index (κ2) is 5.81. The van der Waals surface area contributed by atoms with E-state index in [1.807, 2.05) is 54.6 Å². The first kappa shape index (κ1) is 14.0. The molecule has 1 heterocycles. The van der Waals surface area contributed by atoms with Gasteiger partial charge in [-0.05, 0) is 29.8 Å². The summed E-state index contributed by atoms with van der Waals surface area (Å²) in [5.41, 5.74) is 4.81. The van der Waals surface area contributed by atoms with Gasteiger partial charge in [0.1, 0.15) is 11.6 Å². The van der Waals surface area contributed by atoms with Crippen molar-refractivity contribution in [2.24, 2.45) is 0 Å². The number of ether oxygens (including phenoxy) is 1. The van der Waals surface area contributed by atoms with Gasteiger partial charge in [-0.3, -0.25) is 5.43 Å². The van der Waals surface area contributed by atoms with Gasteiger partial charge in [-0.15, -0.1) is 0 Å². The van der Waals surface area contributed by atoms with Gasteiger partial charge in [0.15, 0.2) is 0 Å². The third-order valence-electron chi connectivity index (χ3n) is 3.47. The molecule has 0 radical (unpaired) electrons. The van der Waals surface area contributed by atoms with Crippen molar-refractivity contribution < 1.29 is 9.53 Å². The van der Waals surface area contributed by atoms with E-state index in [0.29, 0.717) is 12.4 Å². The Morgan fingerprint density at radius 2 is 1.77 bits per heavy atom. The zero-order valence-electron chi connectivity index (χ0n) is 12.3. The summed E-state index contributed by atoms with van der Waals surface area (Å²) in [5.74, 6) is 1.34. The van der Waals surface area contributed by atoms with Crippen molar-refractivity contribution in [3.05, 3.63) is 72.6 Å². The minimum Gasteiger partial charge on any atom is -0.497 e. The van der Waals surface area contributed by atoms with E-state index >= 15 is 0 Å². The van der Waals surface area contributed by atoms with Gasteiger partial charge in [0.2, 0.25) is 0 Å². The van der Waals surface area contributed by atoms with E-state index in [1.165, 1.54) is 5.01 Å². The molecule has 5 heteroatoms. The van der Waals surface area contributed by atoms with Gasteiger partial charge in [0.05, 0.1) is 19.3 Å². The van der Waals surface area contributed by atoms with Crippen molar-refractivity contribution in [3.63, 3.8) is 0 Å². The van der Waals surface area contributed by atoms with Crippen LogP contribution in [0.4, 0.5) is 10.5 Å². The number of hydrogen-bond acceptors (Lipinski definition) is 3. The minimum atomic E-state index is -0.146. The molecular weight excluding hydrogens is 278 g/mol. The predicted molar refractivity (Wildman–Crippen MR) is 85.1 cm³/mol. The number of methoxy groups -OCH3 is 1. The second-order valence-electron chi connectivity index (χ2n) is 4.95. The highest BCUT2D eigenvalue weighted by molar-refractivity contribution is 5.97. The molecule has 1 aliphatic rings. The molecule has 0 saturated carbocycles. The molecule has 22 heavy (non-hydrogen) atoms. The third-order valence-corrected chi connectivity index (χ3v) is 3.47. The summed E-state index contributed by atoms with van der Waals surface area (Å²) >= 11 is 0. The zero-order chi connectivity index (χ0) is 15.5. The number of anilines is 1. The van der Waals surface area contributed by atoms with Gasteiger partial charge in [-0.2, -0.15) is 0 Å². The highest BCUT2D eigenvalue weighted by atomic mass is 16.5. The molecule has 1 aliphatic heterocycles. The number of hydrazine groups is 1. The first-order valence-electron chi connectivity index (χ1n) is 6.94. The minimum absolute atomic E-state index is 0.146. The lowest BCUT2D eigenvalue weighted by Gasteiger charge is -2.16. The number of amides is 2. The summed E-state index contributed by atoms with van der Waals surface area (Å²) in [6, 6.07) is 16.9. The quantitative estimate of drug-likeness (QED) is 0.942. The molecule has 3 rings (SSSR count). The molecule has 0 spiro atoms. The highest BCUT2D eigenvalue weighted by Gasteiger charge is 2.32. The van der Waals surface area contributed by atoms with E-state index in [4.69, 9.17) is 4.74 Å². The van der Waals surface area contributed by atoms with E-state index in [0.717, 1.165) is 17.0 Å². The zero-order valence-corrected chi connectivity index (χ0v) is 12.3. The number of para-hydroxylation sites is 1. The van der Waals surface area contributed by atoms with Crippen LogP contribution in [0.25, 0.3) is 0 Å². The van der Waals surface area contributed by atoms with Crippen LogP contribution in [0, 0.1) is 0 Å². The first-order valence-corrected chi connectivity index (χ1v) is 6.94. The maximum Gasteiger partial charge on any atom is 0.349 e. The molecule has 0 aromatic heterocycles. The third kappa shape index (κ3) is 2.61. The van der Waals surface area contributed by atoms with Crippen LogP contribution >= 0.6 is 0 Å². The molecule has 1 saturated heterocycles. The number of hydrogen-bond donors (Lipinski definition) is 1. The Balaban J connectivity index is 1.76. The number of nitrogens with zero attached hydrogens (tertiary/aromatic N) is 2. The van der Waals surface area contributed by atoms with Crippen LogP contribution in [0.1, 0.15) is 5.56 Å². The number of rotatable bonds is 4. The Labute approximate surface area is 129 Å². The van der Waals surface area contributed by atoms with Gasteiger partial charge in [0.25, 0.3) is 0 Å². The lowest BCUT2D eigenvalue weighted by molar-refractivity contribution is 0.202. The SMILES string of the molecule is C=C1NN(Cc2ccc(OC)cc2)C(=O)N1c1ccccc1. The van der Waals surface area contributed by atoms with E-state index in [1.54, 1.807) is 12.0 Å². The van der Waals surface area contributed by atoms with Crippen LogP contribution in [0.3, 0.4) is 0 Å². The molecule has 112 valence electrons. The van der Waals surface area contributed by atoms with Crippen LogP contribution in [-0.4, -0.2) is 18.1 Å². The molecule has 2 aromatic rings. The molecule has 0 atom stereocenters. The van der Waals surface area contributed by atoms with Crippen LogP contribution in [0.2, 0.25) is 0 Å². The highest BCUT2D eigenvalue weighted by Crippen LogP contribution is 2.24. The molecule has 0 aliphatic carbocycles. The summed E-state index contributed by atoms with van der Waals surface area (Å²) in [6.45, 7) is 4.36. The fraction of sp³-hybridized carbons (Fsp3) is 0.118. The Morgan fingerprint density at radius 1 is 1.09 bits per heavy atom. The van der Waals surface area contributed by atoms with E-state index in [9.17, 15) is 4.79 Å². The Kier molecular flexibility index (Phi) is 3.70. The number of benzene rings is 2. The molecular formula is C17H17N3O2. The van der Waals surface area contributed by atoms with Crippen LogP contribution in [0.5, 0.6) is 5.75 Å². The molecule has 0 bridgehead atoms. The molecule has 0 unspecified atom stereocenters. The lowest BCUT2D eigenvalue weighted by atomic mass is 10.2. The van der Waals surface area contributed by atoms with Crippen molar-refractivity contribution in [3.8, 4) is 5.75 Å². The summed E-state index contributed by atoms with van der Waals surface area (Å²) in [7, 11) is 1.63. The summed E-state index contributed by atoms with van der Waals surface area (Å²) in [4.78, 5) is 14.1. The van der Waals surface area contributed by atoms with Crippen molar-refractivity contribution in [1.29, 1.82) is 0 Å². The number of carbonyl (C=O) groups is 1.